The van der Waals surface area contributed by atoms with Crippen LogP contribution in [0.5, 0.6) is 0 Å². The molecule has 0 N–H and O–H groups in total. The fourth-order valence-corrected chi connectivity index (χ4v) is 3.07. The van der Waals surface area contributed by atoms with Crippen molar-refractivity contribution in [2.75, 3.05) is 13.1 Å². The summed E-state index contributed by atoms with van der Waals surface area (Å²) >= 11 is 0. The number of hydrogen-bond donors (Lipinski definition) is 0. The Balaban J connectivity index is 3.17. The molecular formula is C19H24N2O2S. The molecule has 0 unspecified atom stereocenters. The minimum absolute atomic E-state index is 0.0860. The van der Waals surface area contributed by atoms with E-state index in [4.69, 9.17) is 5.26 Å². The van der Waals surface area contributed by atoms with E-state index < -0.39 is 10.0 Å². The molecule has 0 aliphatic heterocycles. The molecule has 1 rings (SSSR count). The van der Waals surface area contributed by atoms with Crippen molar-refractivity contribution in [3.8, 4) is 17.9 Å². The van der Waals surface area contributed by atoms with Crippen LogP contribution in [0.25, 0.3) is 0 Å². The van der Waals surface area contributed by atoms with Crippen molar-refractivity contribution < 1.29 is 8.42 Å². The van der Waals surface area contributed by atoms with E-state index in [1.165, 1.54) is 4.31 Å². The maximum atomic E-state index is 12.8. The second-order valence-corrected chi connectivity index (χ2v) is 8.60. The minimum Gasteiger partial charge on any atom is -0.207 e. The number of nitriles is 1. The standard InChI is InChI=1S/C19H24N2O2S/c1-16-7-9-18(10-8-16)24(22,23)21(14-11-17(2)15-20)13-6-12-19(3,4)5/h7-11H,13-14H2,1-5H3/b17-11+. The van der Waals surface area contributed by atoms with Crippen LogP contribution in [0.1, 0.15) is 33.3 Å². The number of nitrogens with zero attached hydrogens (tertiary/aromatic N) is 2. The maximum Gasteiger partial charge on any atom is 0.244 e. The van der Waals surface area contributed by atoms with E-state index in [-0.39, 0.29) is 23.4 Å². The summed E-state index contributed by atoms with van der Waals surface area (Å²) in [4.78, 5) is 0.230. The van der Waals surface area contributed by atoms with Crippen molar-refractivity contribution in [3.05, 3.63) is 41.5 Å². The number of aryl methyl sites for hydroxylation is 1. The number of rotatable bonds is 5. The highest BCUT2D eigenvalue weighted by atomic mass is 32.2. The Morgan fingerprint density at radius 3 is 2.33 bits per heavy atom. The van der Waals surface area contributed by atoms with Gasteiger partial charge in [-0.15, -0.1) is 0 Å². The van der Waals surface area contributed by atoms with Crippen LogP contribution in [0, 0.1) is 35.5 Å². The first-order chi connectivity index (χ1) is 11.1. The van der Waals surface area contributed by atoms with E-state index in [0.29, 0.717) is 5.57 Å². The van der Waals surface area contributed by atoms with Crippen LogP contribution in [0.3, 0.4) is 0 Å². The molecule has 0 atom stereocenters. The van der Waals surface area contributed by atoms with Crippen LogP contribution >= 0.6 is 0 Å². The number of benzene rings is 1. The number of hydrogen-bond acceptors (Lipinski definition) is 3. The quantitative estimate of drug-likeness (QED) is 0.606. The average molecular weight is 344 g/mol. The van der Waals surface area contributed by atoms with Crippen LogP contribution in [0.15, 0.2) is 40.8 Å². The molecule has 1 aromatic carbocycles. The van der Waals surface area contributed by atoms with Gasteiger partial charge in [0.2, 0.25) is 10.0 Å². The summed E-state index contributed by atoms with van der Waals surface area (Å²) in [5.41, 5.74) is 1.27. The smallest absolute Gasteiger partial charge is 0.207 e. The fourth-order valence-electron chi connectivity index (χ4n) is 1.78. The summed E-state index contributed by atoms with van der Waals surface area (Å²) in [7, 11) is -3.66. The van der Waals surface area contributed by atoms with E-state index in [0.717, 1.165) is 5.56 Å². The Morgan fingerprint density at radius 1 is 1.25 bits per heavy atom. The normalized spacial score (nSPS) is 12.5. The van der Waals surface area contributed by atoms with Gasteiger partial charge in [-0.2, -0.15) is 9.57 Å². The third-order valence-corrected chi connectivity index (χ3v) is 4.98. The van der Waals surface area contributed by atoms with Gasteiger partial charge >= 0.3 is 0 Å². The lowest BCUT2D eigenvalue weighted by atomic mass is 9.98. The topological polar surface area (TPSA) is 61.2 Å². The van der Waals surface area contributed by atoms with Crippen molar-refractivity contribution in [2.24, 2.45) is 5.41 Å². The van der Waals surface area contributed by atoms with Crippen molar-refractivity contribution >= 4 is 10.0 Å². The van der Waals surface area contributed by atoms with Gasteiger partial charge in [0.1, 0.15) is 0 Å². The molecule has 5 heteroatoms. The van der Waals surface area contributed by atoms with Gasteiger partial charge in [0.05, 0.1) is 17.5 Å². The summed E-state index contributed by atoms with van der Waals surface area (Å²) in [5.74, 6) is 5.98. The molecule has 4 nitrogen and oxygen atoms in total. The molecule has 128 valence electrons. The van der Waals surface area contributed by atoms with Crippen LogP contribution in [0.2, 0.25) is 0 Å². The van der Waals surface area contributed by atoms with Crippen molar-refractivity contribution in [2.45, 2.75) is 39.5 Å². The Morgan fingerprint density at radius 2 is 1.83 bits per heavy atom. The molecule has 0 amide bonds. The van der Waals surface area contributed by atoms with Crippen molar-refractivity contribution in [1.82, 2.24) is 4.31 Å². The van der Waals surface area contributed by atoms with Gasteiger partial charge in [0.25, 0.3) is 0 Å². The zero-order valence-corrected chi connectivity index (χ0v) is 15.7. The lowest BCUT2D eigenvalue weighted by Gasteiger charge is -2.19. The molecule has 0 heterocycles. The Labute approximate surface area is 145 Å². The van der Waals surface area contributed by atoms with E-state index in [9.17, 15) is 8.42 Å². The summed E-state index contributed by atoms with van der Waals surface area (Å²) < 4.78 is 27.0. The first-order valence-electron chi connectivity index (χ1n) is 7.70. The molecule has 0 saturated carbocycles. The molecule has 0 fully saturated rings. The lowest BCUT2D eigenvalue weighted by molar-refractivity contribution is 0.476. The van der Waals surface area contributed by atoms with E-state index in [1.54, 1.807) is 37.3 Å². The van der Waals surface area contributed by atoms with E-state index in [2.05, 4.69) is 11.8 Å². The molecule has 0 aliphatic carbocycles. The fraction of sp³-hybridized carbons (Fsp3) is 0.421. The van der Waals surface area contributed by atoms with E-state index in [1.807, 2.05) is 33.8 Å². The Kier molecular flexibility index (Phi) is 6.78. The largest absolute Gasteiger partial charge is 0.244 e. The summed E-state index contributed by atoms with van der Waals surface area (Å²) in [6.07, 6.45) is 1.60. The molecule has 0 spiro atoms. The van der Waals surface area contributed by atoms with Gasteiger partial charge in [-0.1, -0.05) is 35.6 Å². The van der Waals surface area contributed by atoms with Gasteiger partial charge in [0, 0.05) is 17.5 Å². The summed E-state index contributed by atoms with van der Waals surface area (Å²) in [5, 5.41) is 8.87. The third kappa shape index (κ3) is 6.20. The molecule has 1 aromatic rings. The second-order valence-electron chi connectivity index (χ2n) is 6.66. The third-order valence-electron chi connectivity index (χ3n) is 3.16. The highest BCUT2D eigenvalue weighted by molar-refractivity contribution is 7.89. The van der Waals surface area contributed by atoms with E-state index >= 15 is 0 Å². The van der Waals surface area contributed by atoms with Gasteiger partial charge < -0.3 is 0 Å². The number of allylic oxidation sites excluding steroid dienone is 1. The average Bonchev–Trinajstić information content (AvgIpc) is 2.49. The molecule has 0 saturated heterocycles. The SMILES string of the molecule is C/C(C#N)=C\CN(CC#CC(C)(C)C)S(=O)(=O)c1ccc(C)cc1. The molecule has 24 heavy (non-hydrogen) atoms. The predicted octanol–water partition coefficient (Wildman–Crippen LogP) is 3.51. The number of sulfonamides is 1. The minimum atomic E-state index is -3.66. The van der Waals surface area contributed by atoms with Gasteiger partial charge in [-0.25, -0.2) is 8.42 Å². The predicted molar refractivity (Wildman–Crippen MR) is 96.5 cm³/mol. The first kappa shape index (κ1) is 20.0. The van der Waals surface area contributed by atoms with Gasteiger partial charge in [-0.05, 0) is 46.8 Å². The van der Waals surface area contributed by atoms with Crippen LogP contribution in [0.4, 0.5) is 0 Å². The molecule has 0 aromatic heterocycles. The molecular weight excluding hydrogens is 320 g/mol. The zero-order chi connectivity index (χ0) is 18.4. The monoisotopic (exact) mass is 344 g/mol. The van der Waals surface area contributed by atoms with Crippen LogP contribution in [-0.4, -0.2) is 25.8 Å². The van der Waals surface area contributed by atoms with Crippen molar-refractivity contribution in [1.29, 1.82) is 5.26 Å². The first-order valence-corrected chi connectivity index (χ1v) is 9.14. The van der Waals surface area contributed by atoms with Crippen molar-refractivity contribution in [3.63, 3.8) is 0 Å². The zero-order valence-electron chi connectivity index (χ0n) is 14.9. The van der Waals surface area contributed by atoms with Gasteiger partial charge in [0.15, 0.2) is 0 Å². The Hall–Kier alpha value is -2.08. The summed E-state index contributed by atoms with van der Waals surface area (Å²) in [6.45, 7) is 9.67. The summed E-state index contributed by atoms with van der Waals surface area (Å²) in [6, 6.07) is 8.72. The Bertz CT molecular complexity index is 796. The van der Waals surface area contributed by atoms with Crippen LogP contribution in [-0.2, 0) is 10.0 Å². The highest BCUT2D eigenvalue weighted by Gasteiger charge is 2.23. The molecule has 0 bridgehead atoms. The van der Waals surface area contributed by atoms with Crippen LogP contribution < -0.4 is 0 Å². The second kappa shape index (κ2) is 8.15. The molecule has 0 aliphatic rings. The molecule has 0 radical (unpaired) electrons. The lowest BCUT2D eigenvalue weighted by Crippen LogP contribution is -2.32. The highest BCUT2D eigenvalue weighted by Crippen LogP contribution is 2.17. The maximum absolute atomic E-state index is 12.8. The van der Waals surface area contributed by atoms with Gasteiger partial charge in [-0.3, -0.25) is 0 Å².